The molecule has 4 rings (SSSR count). The summed E-state index contributed by atoms with van der Waals surface area (Å²) in [5.74, 6) is 0.665. The lowest BCUT2D eigenvalue weighted by molar-refractivity contribution is -0.121. The Morgan fingerprint density at radius 2 is 2.21 bits per heavy atom. The van der Waals surface area contributed by atoms with Crippen LogP contribution < -0.4 is 5.32 Å². The zero-order valence-corrected chi connectivity index (χ0v) is 16.7. The van der Waals surface area contributed by atoms with E-state index < -0.39 is 0 Å². The van der Waals surface area contributed by atoms with E-state index in [-0.39, 0.29) is 12.5 Å². The van der Waals surface area contributed by atoms with Gasteiger partial charge in [-0.15, -0.1) is 0 Å². The standard InChI is InChI=1S/C21H24ClN5O/c1-2-26-11-5-8-17(26)13-24-19(28)14-27-20(15-6-3-7-16(22)12-15)25-18-9-4-10-23-21(18)27/h3-4,6-7,9-10,12,17H,2,5,8,11,13-14H2,1H3,(H,24,28). The molecule has 28 heavy (non-hydrogen) atoms. The van der Waals surface area contributed by atoms with E-state index in [1.165, 1.54) is 6.42 Å². The fourth-order valence-corrected chi connectivity index (χ4v) is 4.12. The monoisotopic (exact) mass is 397 g/mol. The molecular weight excluding hydrogens is 374 g/mol. The molecule has 1 saturated heterocycles. The van der Waals surface area contributed by atoms with Gasteiger partial charge in [-0.1, -0.05) is 30.7 Å². The molecule has 1 fully saturated rings. The topological polar surface area (TPSA) is 63.1 Å². The Hall–Kier alpha value is -2.44. The maximum atomic E-state index is 12.7. The van der Waals surface area contributed by atoms with E-state index in [4.69, 9.17) is 16.6 Å². The zero-order valence-electron chi connectivity index (χ0n) is 15.9. The van der Waals surface area contributed by atoms with Crippen LogP contribution >= 0.6 is 11.6 Å². The number of aromatic nitrogens is 3. The average Bonchev–Trinajstić information content (AvgIpc) is 3.31. The molecule has 2 aromatic heterocycles. The first-order chi connectivity index (χ1) is 13.7. The number of likely N-dealkylation sites (N-methyl/N-ethyl adjacent to an activating group) is 1. The minimum atomic E-state index is -0.0313. The fourth-order valence-electron chi connectivity index (χ4n) is 3.93. The third kappa shape index (κ3) is 3.88. The number of carbonyl (C=O) groups is 1. The van der Waals surface area contributed by atoms with Crippen molar-refractivity contribution < 1.29 is 4.79 Å². The minimum absolute atomic E-state index is 0.0313. The summed E-state index contributed by atoms with van der Waals surface area (Å²) in [6.45, 7) is 5.16. The summed E-state index contributed by atoms with van der Waals surface area (Å²) in [6.07, 6.45) is 4.05. The number of nitrogens with zero attached hydrogens (tertiary/aromatic N) is 4. The van der Waals surface area contributed by atoms with Crippen molar-refractivity contribution in [3.05, 3.63) is 47.6 Å². The van der Waals surface area contributed by atoms with Crippen LogP contribution in [0.1, 0.15) is 19.8 Å². The minimum Gasteiger partial charge on any atom is -0.353 e. The van der Waals surface area contributed by atoms with Crippen molar-refractivity contribution in [1.29, 1.82) is 0 Å². The molecule has 0 spiro atoms. The SMILES string of the molecule is CCN1CCCC1CNC(=O)Cn1c(-c2cccc(Cl)c2)nc2cccnc21. The first kappa shape index (κ1) is 18.9. The predicted octanol–water partition coefficient (Wildman–Crippen LogP) is 3.35. The Labute approximate surface area is 169 Å². The molecule has 3 aromatic rings. The Morgan fingerprint density at radius 1 is 1.32 bits per heavy atom. The molecule has 1 amide bonds. The second-order valence-corrected chi connectivity index (χ2v) is 7.54. The number of benzene rings is 1. The number of halogens is 1. The third-order valence-electron chi connectivity index (χ3n) is 5.33. The van der Waals surface area contributed by atoms with Gasteiger partial charge in [0.2, 0.25) is 5.91 Å². The second kappa shape index (κ2) is 8.29. The molecular formula is C21H24ClN5O. The van der Waals surface area contributed by atoms with Gasteiger partial charge in [0.25, 0.3) is 0 Å². The van der Waals surface area contributed by atoms with Gasteiger partial charge in [-0.05, 0) is 50.2 Å². The molecule has 1 N–H and O–H groups in total. The van der Waals surface area contributed by atoms with E-state index in [0.717, 1.165) is 30.6 Å². The van der Waals surface area contributed by atoms with Gasteiger partial charge in [-0.3, -0.25) is 14.3 Å². The summed E-state index contributed by atoms with van der Waals surface area (Å²) in [4.78, 5) is 24.3. The van der Waals surface area contributed by atoms with E-state index in [1.807, 2.05) is 41.0 Å². The van der Waals surface area contributed by atoms with Crippen molar-refractivity contribution in [3.8, 4) is 11.4 Å². The number of imidazole rings is 1. The molecule has 0 saturated carbocycles. The molecule has 1 aromatic carbocycles. The van der Waals surface area contributed by atoms with Gasteiger partial charge in [0.05, 0.1) is 0 Å². The van der Waals surface area contributed by atoms with Crippen LogP contribution in [0, 0.1) is 0 Å². The molecule has 6 nitrogen and oxygen atoms in total. The Bertz CT molecular complexity index is 986. The van der Waals surface area contributed by atoms with E-state index in [9.17, 15) is 4.79 Å². The van der Waals surface area contributed by atoms with Crippen LogP contribution in [-0.4, -0.2) is 51.0 Å². The lowest BCUT2D eigenvalue weighted by atomic mass is 10.2. The van der Waals surface area contributed by atoms with Crippen molar-refractivity contribution in [2.45, 2.75) is 32.4 Å². The number of hydrogen-bond donors (Lipinski definition) is 1. The lowest BCUT2D eigenvalue weighted by Gasteiger charge is -2.23. The van der Waals surface area contributed by atoms with Crippen molar-refractivity contribution >= 4 is 28.7 Å². The van der Waals surface area contributed by atoms with Crippen molar-refractivity contribution in [3.63, 3.8) is 0 Å². The number of likely N-dealkylation sites (tertiary alicyclic amines) is 1. The summed E-state index contributed by atoms with van der Waals surface area (Å²) in [5, 5.41) is 3.73. The molecule has 1 aliphatic heterocycles. The highest BCUT2D eigenvalue weighted by Gasteiger charge is 2.23. The largest absolute Gasteiger partial charge is 0.353 e. The number of pyridine rings is 1. The molecule has 0 bridgehead atoms. The van der Waals surface area contributed by atoms with Gasteiger partial charge in [-0.25, -0.2) is 9.97 Å². The zero-order chi connectivity index (χ0) is 19.5. The van der Waals surface area contributed by atoms with Gasteiger partial charge in [-0.2, -0.15) is 0 Å². The predicted molar refractivity (Wildman–Crippen MR) is 111 cm³/mol. The van der Waals surface area contributed by atoms with Gasteiger partial charge >= 0.3 is 0 Å². The molecule has 1 unspecified atom stereocenters. The molecule has 0 radical (unpaired) electrons. The summed E-state index contributed by atoms with van der Waals surface area (Å²) in [7, 11) is 0. The summed E-state index contributed by atoms with van der Waals surface area (Å²) >= 11 is 6.16. The van der Waals surface area contributed by atoms with E-state index in [0.29, 0.717) is 29.1 Å². The van der Waals surface area contributed by atoms with E-state index in [2.05, 4.69) is 22.1 Å². The van der Waals surface area contributed by atoms with Crippen LogP contribution in [0.15, 0.2) is 42.6 Å². The Kier molecular flexibility index (Phi) is 5.59. The molecule has 0 aliphatic carbocycles. The quantitative estimate of drug-likeness (QED) is 0.692. The smallest absolute Gasteiger partial charge is 0.240 e. The fraction of sp³-hybridized carbons (Fsp3) is 0.381. The highest BCUT2D eigenvalue weighted by molar-refractivity contribution is 6.30. The molecule has 146 valence electrons. The van der Waals surface area contributed by atoms with E-state index in [1.54, 1.807) is 6.20 Å². The average molecular weight is 398 g/mol. The normalized spacial score (nSPS) is 17.3. The van der Waals surface area contributed by atoms with Gasteiger partial charge in [0.15, 0.2) is 5.65 Å². The number of carbonyl (C=O) groups excluding carboxylic acids is 1. The number of nitrogens with one attached hydrogen (secondary N) is 1. The van der Waals surface area contributed by atoms with Crippen LogP contribution in [0.4, 0.5) is 0 Å². The maximum Gasteiger partial charge on any atom is 0.240 e. The number of hydrogen-bond acceptors (Lipinski definition) is 4. The summed E-state index contributed by atoms with van der Waals surface area (Å²) in [6, 6.07) is 11.7. The highest BCUT2D eigenvalue weighted by Crippen LogP contribution is 2.25. The van der Waals surface area contributed by atoms with Crippen LogP contribution in [0.25, 0.3) is 22.6 Å². The number of rotatable bonds is 6. The molecule has 7 heteroatoms. The number of amides is 1. The highest BCUT2D eigenvalue weighted by atomic mass is 35.5. The molecule has 1 atom stereocenters. The van der Waals surface area contributed by atoms with Crippen LogP contribution in [-0.2, 0) is 11.3 Å². The Morgan fingerprint density at radius 3 is 3.04 bits per heavy atom. The maximum absolute atomic E-state index is 12.7. The lowest BCUT2D eigenvalue weighted by Crippen LogP contribution is -2.41. The van der Waals surface area contributed by atoms with Crippen molar-refractivity contribution in [2.75, 3.05) is 19.6 Å². The van der Waals surface area contributed by atoms with Crippen molar-refractivity contribution in [2.24, 2.45) is 0 Å². The van der Waals surface area contributed by atoms with Gasteiger partial charge in [0, 0.05) is 29.4 Å². The first-order valence-electron chi connectivity index (χ1n) is 9.73. The second-order valence-electron chi connectivity index (χ2n) is 7.11. The third-order valence-corrected chi connectivity index (χ3v) is 5.56. The van der Waals surface area contributed by atoms with Gasteiger partial charge < -0.3 is 5.32 Å². The summed E-state index contributed by atoms with van der Waals surface area (Å²) in [5.41, 5.74) is 2.33. The molecule has 1 aliphatic rings. The van der Waals surface area contributed by atoms with Crippen LogP contribution in [0.2, 0.25) is 5.02 Å². The molecule has 3 heterocycles. The van der Waals surface area contributed by atoms with Crippen molar-refractivity contribution in [1.82, 2.24) is 24.8 Å². The van der Waals surface area contributed by atoms with Gasteiger partial charge in [0.1, 0.15) is 17.9 Å². The summed E-state index contributed by atoms with van der Waals surface area (Å²) < 4.78 is 1.86. The van der Waals surface area contributed by atoms with Crippen LogP contribution in [0.3, 0.4) is 0 Å². The van der Waals surface area contributed by atoms with Crippen LogP contribution in [0.5, 0.6) is 0 Å². The Balaban J connectivity index is 1.57. The number of fused-ring (bicyclic) bond motifs is 1. The van der Waals surface area contributed by atoms with E-state index >= 15 is 0 Å². The first-order valence-corrected chi connectivity index (χ1v) is 10.1.